The summed E-state index contributed by atoms with van der Waals surface area (Å²) in [5.41, 5.74) is 2.10. The first-order valence-corrected chi connectivity index (χ1v) is 9.18. The Balaban J connectivity index is 1.89. The normalized spacial score (nSPS) is 17.6. The van der Waals surface area contributed by atoms with Gasteiger partial charge in [-0.25, -0.2) is 4.68 Å². The Kier molecular flexibility index (Phi) is 4.18. The lowest BCUT2D eigenvalue weighted by Crippen LogP contribution is -2.44. The van der Waals surface area contributed by atoms with Gasteiger partial charge in [-0.3, -0.25) is 4.79 Å². The number of hydrogen-bond acceptors (Lipinski definition) is 5. The van der Waals surface area contributed by atoms with Crippen molar-refractivity contribution in [3.05, 3.63) is 58.9 Å². The first-order chi connectivity index (χ1) is 13.1. The Morgan fingerprint density at radius 3 is 2.56 bits per heavy atom. The average molecular weight is 362 g/mol. The molecule has 138 valence electrons. The topological polar surface area (TPSA) is 69.0 Å². The minimum atomic E-state index is -0.468. The Labute approximate surface area is 157 Å². The molecule has 0 aliphatic carbocycles. The highest BCUT2D eigenvalue weighted by Gasteiger charge is 2.34. The van der Waals surface area contributed by atoms with Crippen molar-refractivity contribution in [3.63, 3.8) is 0 Å². The number of anilines is 1. The standard InChI is InChI=1S/C21H22N4O2/c1-4-21(3)23-17-9-7-6-8-16(17)19-22-20(26)18(24-25(19)21)14-10-12-15(13-11-14)27-5-2/h6-13,23H,4-5H2,1-3H3/t21-/m1/s1. The average Bonchev–Trinajstić information content (AvgIpc) is 2.69. The van der Waals surface area contributed by atoms with Crippen molar-refractivity contribution in [1.29, 1.82) is 0 Å². The summed E-state index contributed by atoms with van der Waals surface area (Å²) in [4.78, 5) is 17.2. The van der Waals surface area contributed by atoms with Gasteiger partial charge in [-0.05, 0) is 56.7 Å². The number of aromatic nitrogens is 3. The number of benzene rings is 2. The molecule has 0 fully saturated rings. The highest BCUT2D eigenvalue weighted by molar-refractivity contribution is 5.76. The molecule has 1 aliphatic rings. The van der Waals surface area contributed by atoms with E-state index in [0.717, 1.165) is 29.0 Å². The molecule has 4 rings (SSSR count). The Bertz CT molecular complexity index is 1040. The molecule has 27 heavy (non-hydrogen) atoms. The molecule has 0 saturated carbocycles. The molecule has 2 aromatic carbocycles. The summed E-state index contributed by atoms with van der Waals surface area (Å²) < 4.78 is 7.31. The number of rotatable bonds is 4. The maximum atomic E-state index is 12.8. The van der Waals surface area contributed by atoms with Gasteiger partial charge >= 0.3 is 0 Å². The number of ether oxygens (including phenoxy) is 1. The molecule has 3 aromatic rings. The number of para-hydroxylation sites is 1. The molecule has 0 amide bonds. The first-order valence-electron chi connectivity index (χ1n) is 9.18. The van der Waals surface area contributed by atoms with E-state index in [0.29, 0.717) is 18.1 Å². The van der Waals surface area contributed by atoms with Gasteiger partial charge in [-0.1, -0.05) is 19.1 Å². The highest BCUT2D eigenvalue weighted by Crippen LogP contribution is 2.37. The van der Waals surface area contributed by atoms with Crippen LogP contribution in [0.15, 0.2) is 53.3 Å². The second kappa shape index (κ2) is 6.54. The minimum absolute atomic E-state index is 0.333. The molecular formula is C21H22N4O2. The molecule has 0 spiro atoms. The van der Waals surface area contributed by atoms with E-state index < -0.39 is 5.66 Å². The largest absolute Gasteiger partial charge is 0.494 e. The number of nitrogens with one attached hydrogen (secondary N) is 1. The third-order valence-corrected chi connectivity index (χ3v) is 4.98. The third-order valence-electron chi connectivity index (χ3n) is 4.98. The zero-order chi connectivity index (χ0) is 19.0. The summed E-state index contributed by atoms with van der Waals surface area (Å²) in [5.74, 6) is 1.36. The zero-order valence-corrected chi connectivity index (χ0v) is 15.7. The van der Waals surface area contributed by atoms with Crippen LogP contribution in [0.5, 0.6) is 5.75 Å². The summed E-state index contributed by atoms with van der Waals surface area (Å²) in [6.07, 6.45) is 0.786. The molecule has 6 nitrogen and oxygen atoms in total. The smallest absolute Gasteiger partial charge is 0.300 e. The van der Waals surface area contributed by atoms with Crippen LogP contribution in [0.4, 0.5) is 5.69 Å². The molecule has 1 aliphatic heterocycles. The van der Waals surface area contributed by atoms with Gasteiger partial charge < -0.3 is 10.1 Å². The third kappa shape index (κ3) is 2.87. The van der Waals surface area contributed by atoms with Crippen molar-refractivity contribution < 1.29 is 4.74 Å². The van der Waals surface area contributed by atoms with E-state index in [9.17, 15) is 4.79 Å². The van der Waals surface area contributed by atoms with Crippen LogP contribution in [0, 0.1) is 0 Å². The lowest BCUT2D eigenvalue weighted by molar-refractivity contribution is 0.312. The highest BCUT2D eigenvalue weighted by atomic mass is 16.5. The van der Waals surface area contributed by atoms with Crippen LogP contribution in [0.2, 0.25) is 0 Å². The van der Waals surface area contributed by atoms with E-state index in [1.807, 2.05) is 60.1 Å². The molecular weight excluding hydrogens is 340 g/mol. The van der Waals surface area contributed by atoms with Crippen molar-refractivity contribution in [1.82, 2.24) is 14.8 Å². The molecule has 1 N–H and O–H groups in total. The molecule has 0 unspecified atom stereocenters. The van der Waals surface area contributed by atoms with Crippen molar-refractivity contribution in [2.75, 3.05) is 11.9 Å². The van der Waals surface area contributed by atoms with Crippen LogP contribution in [-0.2, 0) is 5.66 Å². The molecule has 6 heteroatoms. The van der Waals surface area contributed by atoms with Crippen LogP contribution in [0.3, 0.4) is 0 Å². The van der Waals surface area contributed by atoms with E-state index in [2.05, 4.69) is 24.1 Å². The Hall–Kier alpha value is -3.15. The summed E-state index contributed by atoms with van der Waals surface area (Å²) in [7, 11) is 0. The molecule has 1 aromatic heterocycles. The Morgan fingerprint density at radius 1 is 1.11 bits per heavy atom. The van der Waals surface area contributed by atoms with Gasteiger partial charge in [0.05, 0.1) is 6.61 Å². The van der Waals surface area contributed by atoms with Crippen LogP contribution in [0.25, 0.3) is 22.6 Å². The maximum absolute atomic E-state index is 12.8. The summed E-state index contributed by atoms with van der Waals surface area (Å²) in [6.45, 7) is 6.68. The number of fused-ring (bicyclic) bond motifs is 3. The van der Waals surface area contributed by atoms with E-state index in [-0.39, 0.29) is 5.56 Å². The van der Waals surface area contributed by atoms with E-state index in [1.165, 1.54) is 0 Å². The second-order valence-corrected chi connectivity index (χ2v) is 6.76. The van der Waals surface area contributed by atoms with E-state index >= 15 is 0 Å². The number of nitrogens with zero attached hydrogens (tertiary/aromatic N) is 3. The predicted octanol–water partition coefficient (Wildman–Crippen LogP) is 3.88. The van der Waals surface area contributed by atoms with Gasteiger partial charge in [0.1, 0.15) is 11.4 Å². The van der Waals surface area contributed by atoms with E-state index in [4.69, 9.17) is 9.84 Å². The molecule has 0 bridgehead atoms. The molecule has 1 atom stereocenters. The summed E-state index contributed by atoms with van der Waals surface area (Å²) in [6, 6.07) is 15.2. The Morgan fingerprint density at radius 2 is 1.85 bits per heavy atom. The van der Waals surface area contributed by atoms with Gasteiger partial charge in [0, 0.05) is 16.8 Å². The zero-order valence-electron chi connectivity index (χ0n) is 15.7. The predicted molar refractivity (Wildman–Crippen MR) is 106 cm³/mol. The quantitative estimate of drug-likeness (QED) is 0.763. The molecule has 2 heterocycles. The van der Waals surface area contributed by atoms with Crippen LogP contribution in [0.1, 0.15) is 27.2 Å². The monoisotopic (exact) mass is 362 g/mol. The van der Waals surface area contributed by atoms with Crippen LogP contribution >= 0.6 is 0 Å². The fourth-order valence-corrected chi connectivity index (χ4v) is 3.33. The van der Waals surface area contributed by atoms with E-state index in [1.54, 1.807) is 0 Å². The van der Waals surface area contributed by atoms with Crippen molar-refractivity contribution in [2.24, 2.45) is 0 Å². The lowest BCUT2D eigenvalue weighted by atomic mass is 10.0. The fourth-order valence-electron chi connectivity index (χ4n) is 3.33. The summed E-state index contributed by atoms with van der Waals surface area (Å²) in [5, 5.41) is 8.26. The van der Waals surface area contributed by atoms with Crippen molar-refractivity contribution in [2.45, 2.75) is 32.9 Å². The SMILES string of the molecule is CCOc1ccc(-c2nn3c(nc2=O)-c2ccccc2N[C@@]3(C)CC)cc1. The lowest BCUT2D eigenvalue weighted by Gasteiger charge is -2.38. The number of hydrogen-bond donors (Lipinski definition) is 1. The van der Waals surface area contributed by atoms with Gasteiger partial charge in [0.2, 0.25) is 0 Å². The van der Waals surface area contributed by atoms with Gasteiger partial charge in [0.25, 0.3) is 5.56 Å². The van der Waals surface area contributed by atoms with Gasteiger partial charge in [0.15, 0.2) is 11.5 Å². The summed E-state index contributed by atoms with van der Waals surface area (Å²) >= 11 is 0. The second-order valence-electron chi connectivity index (χ2n) is 6.76. The maximum Gasteiger partial charge on any atom is 0.300 e. The minimum Gasteiger partial charge on any atom is -0.494 e. The van der Waals surface area contributed by atoms with Crippen molar-refractivity contribution in [3.8, 4) is 28.4 Å². The van der Waals surface area contributed by atoms with Crippen LogP contribution < -0.4 is 15.6 Å². The van der Waals surface area contributed by atoms with Gasteiger partial charge in [-0.2, -0.15) is 10.1 Å². The molecule has 0 saturated heterocycles. The first kappa shape index (κ1) is 17.3. The van der Waals surface area contributed by atoms with Crippen molar-refractivity contribution >= 4 is 5.69 Å². The molecule has 0 radical (unpaired) electrons. The van der Waals surface area contributed by atoms with Gasteiger partial charge in [-0.15, -0.1) is 0 Å². The fraction of sp³-hybridized carbons (Fsp3) is 0.286. The van der Waals surface area contributed by atoms with Crippen LogP contribution in [-0.4, -0.2) is 21.4 Å².